The summed E-state index contributed by atoms with van der Waals surface area (Å²) in [7, 11) is 0. The summed E-state index contributed by atoms with van der Waals surface area (Å²) in [5.41, 5.74) is -0.542. The van der Waals surface area contributed by atoms with Gasteiger partial charge in [-0.05, 0) is 50.2 Å². The summed E-state index contributed by atoms with van der Waals surface area (Å²) in [6, 6.07) is 4.25. The first-order valence-corrected chi connectivity index (χ1v) is 9.72. The predicted octanol–water partition coefficient (Wildman–Crippen LogP) is 3.02. The van der Waals surface area contributed by atoms with Gasteiger partial charge in [0, 0.05) is 37.7 Å². The van der Waals surface area contributed by atoms with Gasteiger partial charge in [0.25, 0.3) is 5.91 Å². The molecule has 0 spiro atoms. The molecule has 0 aliphatic carbocycles. The highest BCUT2D eigenvalue weighted by atomic mass is 19.4. The number of benzene rings is 1. The van der Waals surface area contributed by atoms with Gasteiger partial charge in [-0.2, -0.15) is 13.2 Å². The van der Waals surface area contributed by atoms with Crippen LogP contribution in [0.15, 0.2) is 24.3 Å². The van der Waals surface area contributed by atoms with E-state index >= 15 is 0 Å². The second-order valence-electron chi connectivity index (χ2n) is 6.96. The highest BCUT2D eigenvalue weighted by Crippen LogP contribution is 2.29. The van der Waals surface area contributed by atoms with Crippen LogP contribution in [-0.2, 0) is 11.0 Å². The molecule has 8 heteroatoms. The molecule has 156 valence electrons. The summed E-state index contributed by atoms with van der Waals surface area (Å²) in [4.78, 5) is 28.6. The number of rotatable bonds is 7. The summed E-state index contributed by atoms with van der Waals surface area (Å²) >= 11 is 0. The fourth-order valence-electron chi connectivity index (χ4n) is 3.35. The Balaban J connectivity index is 1.81. The number of alkyl halides is 3. The number of halogens is 3. The highest BCUT2D eigenvalue weighted by Gasteiger charge is 2.31. The molecule has 2 amide bonds. The molecule has 1 aliphatic rings. The van der Waals surface area contributed by atoms with Crippen molar-refractivity contribution < 1.29 is 22.8 Å². The molecule has 0 bridgehead atoms. The van der Waals surface area contributed by atoms with E-state index in [1.165, 1.54) is 12.1 Å². The third-order valence-corrected chi connectivity index (χ3v) is 5.23. The van der Waals surface area contributed by atoms with Crippen LogP contribution in [0.4, 0.5) is 13.2 Å². The first-order valence-electron chi connectivity index (χ1n) is 9.72. The van der Waals surface area contributed by atoms with Gasteiger partial charge in [-0.25, -0.2) is 0 Å². The number of carbonyl (C=O) groups is 2. The second-order valence-corrected chi connectivity index (χ2v) is 6.96. The van der Waals surface area contributed by atoms with Crippen LogP contribution in [0.2, 0.25) is 0 Å². The Morgan fingerprint density at radius 1 is 1.11 bits per heavy atom. The number of piperidine rings is 1. The van der Waals surface area contributed by atoms with Crippen molar-refractivity contribution in [3.05, 3.63) is 35.4 Å². The van der Waals surface area contributed by atoms with Crippen LogP contribution in [0.5, 0.6) is 0 Å². The standard InChI is InChI=1S/C20H28F3N3O2/c1-3-25(4-2)14-11-24-18(27)15-9-12-26(13-10-15)19(28)16-5-7-17(8-6-16)20(21,22)23/h5-8,15H,3-4,9-14H2,1-2H3,(H,24,27). The van der Waals surface area contributed by atoms with E-state index in [0.717, 1.165) is 31.8 Å². The molecule has 1 aromatic rings. The molecule has 1 saturated heterocycles. The quantitative estimate of drug-likeness (QED) is 0.767. The summed E-state index contributed by atoms with van der Waals surface area (Å²) in [6.45, 7) is 8.30. The Morgan fingerprint density at radius 3 is 2.18 bits per heavy atom. The van der Waals surface area contributed by atoms with E-state index in [4.69, 9.17) is 0 Å². The molecule has 0 unspecified atom stereocenters. The number of nitrogens with one attached hydrogen (secondary N) is 1. The Labute approximate surface area is 163 Å². The minimum atomic E-state index is -4.42. The summed E-state index contributed by atoms with van der Waals surface area (Å²) in [5, 5.41) is 2.96. The van der Waals surface area contributed by atoms with Crippen LogP contribution in [0.25, 0.3) is 0 Å². The van der Waals surface area contributed by atoms with E-state index in [-0.39, 0.29) is 23.3 Å². The van der Waals surface area contributed by atoms with Crippen LogP contribution < -0.4 is 5.32 Å². The summed E-state index contributed by atoms with van der Waals surface area (Å²) in [5.74, 6) is -0.420. The number of likely N-dealkylation sites (N-methyl/N-ethyl adjacent to an activating group) is 1. The van der Waals surface area contributed by atoms with Crippen LogP contribution in [-0.4, -0.2) is 60.9 Å². The molecule has 5 nitrogen and oxygen atoms in total. The van der Waals surface area contributed by atoms with Gasteiger partial charge in [0.1, 0.15) is 0 Å². The lowest BCUT2D eigenvalue weighted by atomic mass is 9.95. The maximum Gasteiger partial charge on any atom is 0.416 e. The van der Waals surface area contributed by atoms with Crippen LogP contribution in [0, 0.1) is 5.92 Å². The van der Waals surface area contributed by atoms with Crippen molar-refractivity contribution in [2.75, 3.05) is 39.3 Å². The Kier molecular flexibility index (Phi) is 7.86. The van der Waals surface area contributed by atoms with Gasteiger partial charge in [0.2, 0.25) is 5.91 Å². The minimum absolute atomic E-state index is 0.00813. The summed E-state index contributed by atoms with van der Waals surface area (Å²) < 4.78 is 37.9. The third kappa shape index (κ3) is 5.95. The minimum Gasteiger partial charge on any atom is -0.355 e. The normalized spacial score (nSPS) is 15.7. The van der Waals surface area contributed by atoms with E-state index in [1.807, 2.05) is 0 Å². The van der Waals surface area contributed by atoms with Crippen molar-refractivity contribution in [1.29, 1.82) is 0 Å². The van der Waals surface area contributed by atoms with Gasteiger partial charge >= 0.3 is 6.18 Å². The molecule has 1 heterocycles. The maximum absolute atomic E-state index is 12.6. The lowest BCUT2D eigenvalue weighted by Gasteiger charge is -2.31. The number of likely N-dealkylation sites (tertiary alicyclic amines) is 1. The third-order valence-electron chi connectivity index (χ3n) is 5.23. The number of hydrogen-bond donors (Lipinski definition) is 1. The fourth-order valence-corrected chi connectivity index (χ4v) is 3.35. The zero-order valence-corrected chi connectivity index (χ0v) is 16.4. The maximum atomic E-state index is 12.6. The van der Waals surface area contributed by atoms with E-state index in [0.29, 0.717) is 32.5 Å². The van der Waals surface area contributed by atoms with Crippen LogP contribution in [0.1, 0.15) is 42.6 Å². The average molecular weight is 399 g/mol. The SMILES string of the molecule is CCN(CC)CCNC(=O)C1CCN(C(=O)c2ccc(C(F)(F)F)cc2)CC1. The molecule has 0 radical (unpaired) electrons. The molecule has 0 saturated carbocycles. The number of amides is 2. The van der Waals surface area contributed by atoms with Gasteiger partial charge in [-0.1, -0.05) is 13.8 Å². The predicted molar refractivity (Wildman–Crippen MR) is 101 cm³/mol. The summed E-state index contributed by atoms with van der Waals surface area (Å²) in [6.07, 6.45) is -3.30. The van der Waals surface area contributed by atoms with Gasteiger partial charge in [-0.3, -0.25) is 9.59 Å². The van der Waals surface area contributed by atoms with Crippen LogP contribution in [0.3, 0.4) is 0 Å². The second kappa shape index (κ2) is 9.91. The average Bonchev–Trinajstić information content (AvgIpc) is 2.70. The fraction of sp³-hybridized carbons (Fsp3) is 0.600. The molecule has 0 aromatic heterocycles. The molecule has 2 rings (SSSR count). The zero-order chi connectivity index (χ0) is 20.7. The molecular weight excluding hydrogens is 371 g/mol. The molecule has 1 fully saturated rings. The number of nitrogens with zero attached hydrogens (tertiary/aromatic N) is 2. The van der Waals surface area contributed by atoms with Crippen molar-refractivity contribution in [1.82, 2.24) is 15.1 Å². The Morgan fingerprint density at radius 2 is 1.68 bits per heavy atom. The molecule has 28 heavy (non-hydrogen) atoms. The van der Waals surface area contributed by atoms with Crippen molar-refractivity contribution in [2.24, 2.45) is 5.92 Å². The molecule has 1 N–H and O–H groups in total. The lowest BCUT2D eigenvalue weighted by molar-refractivity contribution is -0.137. The van der Waals surface area contributed by atoms with Crippen molar-refractivity contribution in [2.45, 2.75) is 32.9 Å². The number of carbonyl (C=O) groups excluding carboxylic acids is 2. The molecule has 0 atom stereocenters. The first-order chi connectivity index (χ1) is 13.3. The van der Waals surface area contributed by atoms with E-state index in [2.05, 4.69) is 24.1 Å². The Hall–Kier alpha value is -2.09. The lowest BCUT2D eigenvalue weighted by Crippen LogP contribution is -2.44. The highest BCUT2D eigenvalue weighted by molar-refractivity contribution is 5.94. The monoisotopic (exact) mass is 399 g/mol. The Bertz CT molecular complexity index is 650. The first kappa shape index (κ1) is 22.2. The van der Waals surface area contributed by atoms with Crippen molar-refractivity contribution in [3.63, 3.8) is 0 Å². The van der Waals surface area contributed by atoms with E-state index < -0.39 is 11.7 Å². The van der Waals surface area contributed by atoms with Gasteiger partial charge in [-0.15, -0.1) is 0 Å². The van der Waals surface area contributed by atoms with Gasteiger partial charge < -0.3 is 15.1 Å². The topological polar surface area (TPSA) is 52.7 Å². The van der Waals surface area contributed by atoms with Gasteiger partial charge in [0.05, 0.1) is 5.56 Å². The van der Waals surface area contributed by atoms with Crippen molar-refractivity contribution in [3.8, 4) is 0 Å². The van der Waals surface area contributed by atoms with E-state index in [1.54, 1.807) is 4.90 Å². The van der Waals surface area contributed by atoms with Crippen molar-refractivity contribution >= 4 is 11.8 Å². The molecule has 1 aromatic carbocycles. The van der Waals surface area contributed by atoms with E-state index in [9.17, 15) is 22.8 Å². The molecule has 1 aliphatic heterocycles. The number of hydrogen-bond acceptors (Lipinski definition) is 3. The van der Waals surface area contributed by atoms with Crippen LogP contribution >= 0.6 is 0 Å². The molecular formula is C20H28F3N3O2. The largest absolute Gasteiger partial charge is 0.416 e. The zero-order valence-electron chi connectivity index (χ0n) is 16.4. The van der Waals surface area contributed by atoms with Gasteiger partial charge in [0.15, 0.2) is 0 Å². The smallest absolute Gasteiger partial charge is 0.355 e.